The van der Waals surface area contributed by atoms with Crippen LogP contribution in [0.5, 0.6) is 0 Å². The average molecular weight is 277 g/mol. The molecule has 0 fully saturated rings. The van der Waals surface area contributed by atoms with Crippen LogP contribution in [0.3, 0.4) is 0 Å². The van der Waals surface area contributed by atoms with E-state index in [1.165, 1.54) is 4.90 Å². The zero-order chi connectivity index (χ0) is 13.7. The van der Waals surface area contributed by atoms with Crippen molar-refractivity contribution in [1.82, 2.24) is 0 Å². The molecule has 2 rings (SSSR count). The highest BCUT2D eigenvalue weighted by atomic mass is 32.2. The van der Waals surface area contributed by atoms with Crippen LogP contribution in [0.15, 0.2) is 41.8 Å². The number of amides is 1. The Labute approximate surface area is 118 Å². The van der Waals surface area contributed by atoms with Crippen LogP contribution in [0.4, 0.5) is 5.69 Å². The van der Waals surface area contributed by atoms with Crippen LogP contribution in [-0.2, 0) is 9.53 Å². The number of nitrogens with zero attached hydrogens (tertiary/aromatic N) is 1. The maximum Gasteiger partial charge on any atom is 0.255 e. The number of fused-ring (bicyclic) bond motifs is 1. The van der Waals surface area contributed by atoms with Crippen LogP contribution in [0.25, 0.3) is 0 Å². The van der Waals surface area contributed by atoms with E-state index in [1.54, 1.807) is 17.8 Å². The number of ether oxygens (including phenoxy) is 1. The summed E-state index contributed by atoms with van der Waals surface area (Å²) in [5.41, 5.74) is 1.00. The molecule has 0 saturated carbocycles. The minimum atomic E-state index is -0.406. The fourth-order valence-corrected chi connectivity index (χ4v) is 3.01. The predicted molar refractivity (Wildman–Crippen MR) is 79.7 cm³/mol. The van der Waals surface area contributed by atoms with Gasteiger partial charge in [0.05, 0.1) is 12.3 Å². The zero-order valence-corrected chi connectivity index (χ0v) is 12.0. The summed E-state index contributed by atoms with van der Waals surface area (Å²) < 4.78 is 5.54. The monoisotopic (exact) mass is 277 g/mol. The fourth-order valence-electron chi connectivity index (χ4n) is 2.02. The normalized spacial score (nSPS) is 15.7. The van der Waals surface area contributed by atoms with Gasteiger partial charge in [-0.1, -0.05) is 18.2 Å². The van der Waals surface area contributed by atoms with Gasteiger partial charge in [-0.25, -0.2) is 0 Å². The van der Waals surface area contributed by atoms with Crippen LogP contribution in [0, 0.1) is 0 Å². The molecule has 1 aliphatic heterocycles. The molecule has 19 heavy (non-hydrogen) atoms. The summed E-state index contributed by atoms with van der Waals surface area (Å²) in [7, 11) is 0. The maximum absolute atomic E-state index is 12.4. The molecule has 102 valence electrons. The van der Waals surface area contributed by atoms with Crippen molar-refractivity contribution in [2.45, 2.75) is 24.3 Å². The first-order valence-corrected chi connectivity index (χ1v) is 7.48. The predicted octanol–water partition coefficient (Wildman–Crippen LogP) is 3.11. The third-order valence-electron chi connectivity index (χ3n) is 3.03. The topological polar surface area (TPSA) is 29.5 Å². The smallest absolute Gasteiger partial charge is 0.255 e. The van der Waals surface area contributed by atoms with Crippen LogP contribution < -0.4 is 4.90 Å². The van der Waals surface area contributed by atoms with Gasteiger partial charge in [-0.15, -0.1) is 18.3 Å². The molecule has 0 spiro atoms. The summed E-state index contributed by atoms with van der Waals surface area (Å²) in [5, 5.41) is 0. The van der Waals surface area contributed by atoms with Crippen molar-refractivity contribution in [3.63, 3.8) is 0 Å². The van der Waals surface area contributed by atoms with Crippen molar-refractivity contribution in [2.75, 3.05) is 23.8 Å². The van der Waals surface area contributed by atoms with E-state index in [-0.39, 0.29) is 5.91 Å². The molecule has 0 aliphatic carbocycles. The number of hydrogen-bond acceptors (Lipinski definition) is 3. The van der Waals surface area contributed by atoms with Crippen molar-refractivity contribution >= 4 is 23.4 Å². The maximum atomic E-state index is 12.4. The summed E-state index contributed by atoms with van der Waals surface area (Å²) >= 11 is 1.80. The van der Waals surface area contributed by atoms with E-state index in [9.17, 15) is 4.79 Å². The second-order valence-corrected chi connectivity index (χ2v) is 5.53. The molecule has 3 nitrogen and oxygen atoms in total. The molecule has 1 heterocycles. The molecule has 1 amide bonds. The second-order valence-electron chi connectivity index (χ2n) is 4.40. The third kappa shape index (κ3) is 3.39. The SMILES string of the molecule is C=CCCOC(C)C(=O)N1CCSc2ccccc21. The molecule has 1 atom stereocenters. The molecule has 0 radical (unpaired) electrons. The highest BCUT2D eigenvalue weighted by Gasteiger charge is 2.26. The Bertz CT molecular complexity index is 461. The van der Waals surface area contributed by atoms with Crippen LogP contribution in [0.2, 0.25) is 0 Å². The Balaban J connectivity index is 2.06. The third-order valence-corrected chi connectivity index (χ3v) is 4.08. The highest BCUT2D eigenvalue weighted by molar-refractivity contribution is 7.99. The van der Waals surface area contributed by atoms with Gasteiger partial charge in [-0.3, -0.25) is 4.79 Å². The van der Waals surface area contributed by atoms with Crippen molar-refractivity contribution in [2.24, 2.45) is 0 Å². The number of thioether (sulfide) groups is 1. The molecule has 1 aliphatic rings. The quantitative estimate of drug-likeness (QED) is 0.612. The Kier molecular flexibility index (Phi) is 5.05. The molecular formula is C15H19NO2S. The van der Waals surface area contributed by atoms with E-state index in [0.29, 0.717) is 6.61 Å². The Morgan fingerprint density at radius 1 is 1.58 bits per heavy atom. The van der Waals surface area contributed by atoms with E-state index >= 15 is 0 Å². The first kappa shape index (κ1) is 14.2. The van der Waals surface area contributed by atoms with Gasteiger partial charge in [0.1, 0.15) is 6.10 Å². The lowest BCUT2D eigenvalue weighted by Gasteiger charge is -2.30. The number of carbonyl (C=O) groups excluding carboxylic acids is 1. The van der Waals surface area contributed by atoms with E-state index in [1.807, 2.05) is 30.0 Å². The molecule has 4 heteroatoms. The van der Waals surface area contributed by atoms with Gasteiger partial charge in [0.2, 0.25) is 0 Å². The molecule has 0 N–H and O–H groups in total. The summed E-state index contributed by atoms with van der Waals surface area (Å²) in [6.07, 6.45) is 2.16. The summed E-state index contributed by atoms with van der Waals surface area (Å²) in [6.45, 7) is 6.75. The van der Waals surface area contributed by atoms with Gasteiger partial charge in [0, 0.05) is 17.2 Å². The fraction of sp³-hybridized carbons (Fsp3) is 0.400. The lowest BCUT2D eigenvalue weighted by molar-refractivity contribution is -0.128. The number of para-hydroxylation sites is 1. The lowest BCUT2D eigenvalue weighted by atomic mass is 10.2. The van der Waals surface area contributed by atoms with Gasteiger partial charge in [0.25, 0.3) is 5.91 Å². The van der Waals surface area contributed by atoms with Gasteiger partial charge < -0.3 is 9.64 Å². The van der Waals surface area contributed by atoms with E-state index in [4.69, 9.17) is 4.74 Å². The number of carbonyl (C=O) groups is 1. The first-order valence-electron chi connectivity index (χ1n) is 6.49. The zero-order valence-electron chi connectivity index (χ0n) is 11.2. The molecule has 0 saturated heterocycles. The minimum absolute atomic E-state index is 0.0387. The Morgan fingerprint density at radius 2 is 2.37 bits per heavy atom. The summed E-state index contributed by atoms with van der Waals surface area (Å²) in [6, 6.07) is 8.02. The van der Waals surface area contributed by atoms with Crippen molar-refractivity contribution in [3.05, 3.63) is 36.9 Å². The van der Waals surface area contributed by atoms with E-state index in [0.717, 1.165) is 24.4 Å². The van der Waals surface area contributed by atoms with E-state index < -0.39 is 6.10 Å². The number of hydrogen-bond donors (Lipinski definition) is 0. The Morgan fingerprint density at radius 3 is 3.16 bits per heavy atom. The number of rotatable bonds is 5. The molecular weight excluding hydrogens is 258 g/mol. The highest BCUT2D eigenvalue weighted by Crippen LogP contribution is 2.34. The number of anilines is 1. The molecule has 0 aromatic heterocycles. The molecule has 0 bridgehead atoms. The van der Waals surface area contributed by atoms with Crippen LogP contribution in [0.1, 0.15) is 13.3 Å². The van der Waals surface area contributed by atoms with Gasteiger partial charge >= 0.3 is 0 Å². The van der Waals surface area contributed by atoms with Crippen molar-refractivity contribution in [3.8, 4) is 0 Å². The first-order chi connectivity index (χ1) is 9.24. The Hall–Kier alpha value is -1.26. The van der Waals surface area contributed by atoms with Crippen LogP contribution in [-0.4, -0.2) is 30.9 Å². The van der Waals surface area contributed by atoms with Gasteiger partial charge in [-0.2, -0.15) is 0 Å². The summed E-state index contributed by atoms with van der Waals surface area (Å²) in [4.78, 5) is 15.4. The lowest BCUT2D eigenvalue weighted by Crippen LogP contribution is -2.42. The molecule has 1 aromatic rings. The molecule has 1 aromatic carbocycles. The van der Waals surface area contributed by atoms with Gasteiger partial charge in [-0.05, 0) is 25.5 Å². The number of benzene rings is 1. The van der Waals surface area contributed by atoms with Gasteiger partial charge in [0.15, 0.2) is 0 Å². The standard InChI is InChI=1S/C15H19NO2S/c1-3-4-10-18-12(2)15(17)16-9-11-19-14-8-6-5-7-13(14)16/h3,5-8,12H,1,4,9-11H2,2H3. The van der Waals surface area contributed by atoms with Crippen LogP contribution >= 0.6 is 11.8 Å². The molecule has 1 unspecified atom stereocenters. The minimum Gasteiger partial charge on any atom is -0.368 e. The van der Waals surface area contributed by atoms with E-state index in [2.05, 4.69) is 12.6 Å². The van der Waals surface area contributed by atoms with Crippen molar-refractivity contribution < 1.29 is 9.53 Å². The second kappa shape index (κ2) is 6.78. The summed E-state index contributed by atoms with van der Waals surface area (Å²) in [5.74, 6) is 0.971. The largest absolute Gasteiger partial charge is 0.368 e. The average Bonchev–Trinajstić information content (AvgIpc) is 2.46. The van der Waals surface area contributed by atoms with Crippen molar-refractivity contribution in [1.29, 1.82) is 0 Å².